The Morgan fingerprint density at radius 2 is 1.55 bits per heavy atom. The molecule has 6 rings (SSSR count). The SMILES string of the molecule is COc1c2c3c4c(c(CCCO)c(O)c5c(=O)cc(CO)c(c6c(CO)cc(NCCO)c(c1=O)c63)c54)C=C(C)C2C(C)=O. The molecule has 0 bridgehead atoms. The molecule has 0 spiro atoms. The van der Waals surface area contributed by atoms with Gasteiger partial charge in [0.1, 0.15) is 11.5 Å². The summed E-state index contributed by atoms with van der Waals surface area (Å²) in [7, 11) is 1.35. The van der Waals surface area contributed by atoms with Crippen LogP contribution in [0.2, 0.25) is 0 Å². The molecular weight excluding hydrogens is 566 g/mol. The summed E-state index contributed by atoms with van der Waals surface area (Å²) in [4.78, 5) is 41.5. The molecule has 0 aromatic heterocycles. The third kappa shape index (κ3) is 3.92. The van der Waals surface area contributed by atoms with E-state index in [9.17, 15) is 39.9 Å². The lowest BCUT2D eigenvalue weighted by atomic mass is 9.78. The average molecular weight is 600 g/mol. The van der Waals surface area contributed by atoms with Gasteiger partial charge in [0, 0.05) is 40.7 Å². The normalized spacial score (nSPS) is 14.7. The van der Waals surface area contributed by atoms with Crippen molar-refractivity contribution in [3.63, 3.8) is 0 Å². The lowest BCUT2D eigenvalue weighted by Gasteiger charge is -2.26. The highest BCUT2D eigenvalue weighted by atomic mass is 16.5. The summed E-state index contributed by atoms with van der Waals surface area (Å²) in [5, 5.41) is 58.1. The van der Waals surface area contributed by atoms with E-state index >= 15 is 0 Å². The zero-order valence-corrected chi connectivity index (χ0v) is 24.6. The van der Waals surface area contributed by atoms with Crippen molar-refractivity contribution in [3.05, 3.63) is 66.0 Å². The maximum atomic E-state index is 14.4. The number of methoxy groups -OCH3 is 1. The first-order chi connectivity index (χ1) is 21.2. The predicted octanol–water partition coefficient (Wildman–Crippen LogP) is 3.01. The van der Waals surface area contributed by atoms with E-state index in [0.717, 1.165) is 0 Å². The number of hydrogen-bond acceptors (Lipinski definition) is 10. The highest BCUT2D eigenvalue weighted by molar-refractivity contribution is 6.38. The van der Waals surface area contributed by atoms with E-state index < -0.39 is 30.0 Å². The van der Waals surface area contributed by atoms with E-state index in [4.69, 9.17) is 4.74 Å². The van der Waals surface area contributed by atoms with Crippen LogP contribution in [0, 0.1) is 0 Å². The number of ketones is 1. The first-order valence-electron chi connectivity index (χ1n) is 14.5. The number of fused-ring (bicyclic) bond motifs is 1. The van der Waals surface area contributed by atoms with Crippen molar-refractivity contribution < 1.29 is 35.1 Å². The van der Waals surface area contributed by atoms with Gasteiger partial charge in [-0.25, -0.2) is 0 Å². The number of ether oxygens (including phenoxy) is 1. The van der Waals surface area contributed by atoms with Crippen LogP contribution < -0.4 is 20.9 Å². The number of aliphatic hydroxyl groups is 4. The van der Waals surface area contributed by atoms with Gasteiger partial charge in [-0.3, -0.25) is 14.4 Å². The van der Waals surface area contributed by atoms with E-state index in [1.54, 1.807) is 19.1 Å². The van der Waals surface area contributed by atoms with Gasteiger partial charge in [0.05, 0.1) is 43.6 Å². The molecule has 10 heteroatoms. The molecule has 1 unspecified atom stereocenters. The third-order valence-electron chi connectivity index (χ3n) is 8.93. The first-order valence-corrected chi connectivity index (χ1v) is 14.5. The smallest absolute Gasteiger partial charge is 0.230 e. The van der Waals surface area contributed by atoms with Gasteiger partial charge in [-0.05, 0) is 77.1 Å². The monoisotopic (exact) mass is 599 g/mol. The maximum Gasteiger partial charge on any atom is 0.230 e. The number of aliphatic hydroxyl groups excluding tert-OH is 4. The minimum absolute atomic E-state index is 0.0116. The molecule has 0 aliphatic heterocycles. The Balaban J connectivity index is 2.12. The highest BCUT2D eigenvalue weighted by Crippen LogP contribution is 2.54. The van der Waals surface area contributed by atoms with Crippen molar-refractivity contribution in [2.45, 2.75) is 45.8 Å². The molecule has 0 saturated carbocycles. The van der Waals surface area contributed by atoms with Crippen LogP contribution in [-0.2, 0) is 24.4 Å². The summed E-state index contributed by atoms with van der Waals surface area (Å²) in [5.74, 6) is -1.48. The second kappa shape index (κ2) is 11.0. The summed E-state index contributed by atoms with van der Waals surface area (Å²) in [6.45, 7) is 1.88. The number of Topliss-reactive ketones (excluding diaryl/α,β-unsaturated/α-hetero) is 1. The van der Waals surface area contributed by atoms with Crippen molar-refractivity contribution >= 4 is 60.6 Å². The van der Waals surface area contributed by atoms with Crippen molar-refractivity contribution in [3.8, 4) is 11.5 Å². The number of nitrogens with one attached hydrogen (secondary N) is 1. The van der Waals surface area contributed by atoms with Gasteiger partial charge < -0.3 is 35.6 Å². The number of aromatic hydroxyl groups is 1. The second-order valence-corrected chi connectivity index (χ2v) is 11.4. The standard InChI is InChI=1S/C34H33NO9/c1-14-9-19-18(5-4-7-36)32(42)27-21(41)11-17(13-39)24-23-16(12-38)10-20(35-6-8-37)26-29(23)30(25(19)28(24)27)31(22(14)15(2)40)34(44-3)33(26)43/h9-11,22,35-39,42H,4-8,12-13H2,1-3H3. The molecule has 6 N–H and O–H groups in total. The zero-order chi connectivity index (χ0) is 31.6. The Hall–Kier alpha value is -4.35. The van der Waals surface area contributed by atoms with E-state index in [2.05, 4.69) is 5.32 Å². The molecule has 0 heterocycles. The van der Waals surface area contributed by atoms with Gasteiger partial charge in [0.15, 0.2) is 11.2 Å². The van der Waals surface area contributed by atoms with Crippen molar-refractivity contribution in [1.29, 1.82) is 0 Å². The molecule has 0 radical (unpaired) electrons. The largest absolute Gasteiger partial charge is 0.507 e. The van der Waals surface area contributed by atoms with E-state index in [1.807, 2.05) is 0 Å². The molecule has 1 aliphatic carbocycles. The minimum atomic E-state index is -0.916. The Morgan fingerprint density at radius 1 is 0.886 bits per heavy atom. The molecule has 10 nitrogen and oxygen atoms in total. The first kappa shape index (κ1) is 29.7. The maximum absolute atomic E-state index is 14.4. The van der Waals surface area contributed by atoms with Crippen LogP contribution in [0.3, 0.4) is 0 Å². The quantitative estimate of drug-likeness (QED) is 0.103. The van der Waals surface area contributed by atoms with Gasteiger partial charge >= 0.3 is 0 Å². The molecule has 1 aliphatic rings. The van der Waals surface area contributed by atoms with Crippen LogP contribution in [0.4, 0.5) is 5.69 Å². The molecular formula is C34H33NO9. The Kier molecular flexibility index (Phi) is 7.41. The summed E-state index contributed by atoms with van der Waals surface area (Å²) >= 11 is 0. The van der Waals surface area contributed by atoms with Gasteiger partial charge in [0.2, 0.25) is 5.43 Å². The Morgan fingerprint density at radius 3 is 2.14 bits per heavy atom. The molecule has 0 fully saturated rings. The van der Waals surface area contributed by atoms with Gasteiger partial charge in [-0.1, -0.05) is 11.6 Å². The average Bonchev–Trinajstić information content (AvgIpc) is 3.13. The molecule has 0 amide bonds. The fourth-order valence-electron chi connectivity index (χ4n) is 7.35. The van der Waals surface area contributed by atoms with Crippen LogP contribution in [0.15, 0.2) is 27.3 Å². The van der Waals surface area contributed by atoms with Crippen LogP contribution in [-0.4, -0.2) is 58.2 Å². The van der Waals surface area contributed by atoms with Gasteiger partial charge in [0.25, 0.3) is 0 Å². The van der Waals surface area contributed by atoms with Crippen LogP contribution >= 0.6 is 0 Å². The van der Waals surface area contributed by atoms with E-state index in [0.29, 0.717) is 65.8 Å². The number of carbonyl (C=O) groups excluding carboxylic acids is 1. The molecule has 0 saturated heterocycles. The van der Waals surface area contributed by atoms with Crippen LogP contribution in [0.1, 0.15) is 54.0 Å². The molecule has 5 aromatic rings. The number of carbonyl (C=O) groups is 1. The van der Waals surface area contributed by atoms with Crippen molar-refractivity contribution in [1.82, 2.24) is 0 Å². The van der Waals surface area contributed by atoms with E-state index in [-0.39, 0.29) is 66.2 Å². The number of phenolic OH excluding ortho intramolecular Hbond substituents is 1. The third-order valence-corrected chi connectivity index (χ3v) is 8.93. The topological polar surface area (TPSA) is 174 Å². The number of rotatable bonds is 10. The predicted molar refractivity (Wildman–Crippen MR) is 169 cm³/mol. The summed E-state index contributed by atoms with van der Waals surface area (Å²) in [5.41, 5.74) is 1.80. The number of phenols is 1. The summed E-state index contributed by atoms with van der Waals surface area (Å²) in [6.07, 6.45) is 2.29. The van der Waals surface area contributed by atoms with Crippen molar-refractivity contribution in [2.75, 3.05) is 32.2 Å². The molecule has 5 aromatic carbocycles. The Labute approximate surface area is 251 Å². The highest BCUT2D eigenvalue weighted by Gasteiger charge is 2.36. The van der Waals surface area contributed by atoms with Gasteiger partial charge in [-0.2, -0.15) is 0 Å². The molecule has 44 heavy (non-hydrogen) atoms. The number of allylic oxidation sites excluding steroid dienone is 1. The summed E-state index contributed by atoms with van der Waals surface area (Å²) in [6, 6.07) is 2.86. The van der Waals surface area contributed by atoms with Crippen LogP contribution in [0.25, 0.3) is 49.2 Å². The summed E-state index contributed by atoms with van der Waals surface area (Å²) < 4.78 is 5.78. The molecule has 1 atom stereocenters. The fraction of sp³-hybridized carbons (Fsp3) is 0.324. The zero-order valence-electron chi connectivity index (χ0n) is 24.6. The number of hydrogen-bond donors (Lipinski definition) is 6. The Bertz CT molecular complexity index is 2150. The van der Waals surface area contributed by atoms with Crippen LogP contribution in [0.5, 0.6) is 11.5 Å². The lowest BCUT2D eigenvalue weighted by molar-refractivity contribution is -0.117. The second-order valence-electron chi connectivity index (χ2n) is 11.4. The lowest BCUT2D eigenvalue weighted by Crippen LogP contribution is -2.19. The van der Waals surface area contributed by atoms with E-state index in [1.165, 1.54) is 20.1 Å². The minimum Gasteiger partial charge on any atom is -0.507 e. The number of anilines is 1. The fourth-order valence-corrected chi connectivity index (χ4v) is 7.35. The molecule has 228 valence electrons. The number of benzene rings is 5. The van der Waals surface area contributed by atoms with Crippen molar-refractivity contribution in [2.24, 2.45) is 0 Å². The van der Waals surface area contributed by atoms with Gasteiger partial charge in [-0.15, -0.1) is 0 Å².